The van der Waals surface area contributed by atoms with Crippen LogP contribution in [0, 0.1) is 5.82 Å². The molecule has 0 aliphatic heterocycles. The summed E-state index contributed by atoms with van der Waals surface area (Å²) in [5.74, 6) is -0.891. The molecule has 1 heterocycles. The van der Waals surface area contributed by atoms with E-state index < -0.39 is 5.82 Å². The van der Waals surface area contributed by atoms with Crippen LogP contribution in [0.25, 0.3) is 10.9 Å². The normalized spacial score (nSPS) is 10.7. The van der Waals surface area contributed by atoms with Crippen molar-refractivity contribution in [3.63, 3.8) is 0 Å². The lowest BCUT2D eigenvalue weighted by molar-refractivity contribution is -0.124. The van der Waals surface area contributed by atoms with Gasteiger partial charge < -0.3 is 15.2 Å². The van der Waals surface area contributed by atoms with Crippen LogP contribution in [-0.2, 0) is 16.1 Å². The van der Waals surface area contributed by atoms with Gasteiger partial charge in [0.15, 0.2) is 0 Å². The fourth-order valence-electron chi connectivity index (χ4n) is 2.92. The molecular weight excluding hydrogens is 345 g/mol. The molecule has 3 rings (SSSR count). The molecule has 0 bridgehead atoms. The first-order valence-corrected chi connectivity index (χ1v) is 8.98. The maximum Gasteiger partial charge on any atom is 0.224 e. The van der Waals surface area contributed by atoms with Gasteiger partial charge in [-0.25, -0.2) is 4.39 Å². The number of anilines is 1. The number of para-hydroxylation sites is 1. The van der Waals surface area contributed by atoms with Gasteiger partial charge in [0.25, 0.3) is 0 Å². The van der Waals surface area contributed by atoms with Crippen molar-refractivity contribution in [3.8, 4) is 0 Å². The van der Waals surface area contributed by atoms with Crippen molar-refractivity contribution in [3.05, 3.63) is 66.6 Å². The maximum absolute atomic E-state index is 13.1. The largest absolute Gasteiger partial charge is 0.356 e. The Morgan fingerprint density at radius 2 is 1.78 bits per heavy atom. The summed E-state index contributed by atoms with van der Waals surface area (Å²) in [4.78, 5) is 23.7. The maximum atomic E-state index is 13.1. The molecule has 0 aliphatic rings. The van der Waals surface area contributed by atoms with E-state index in [1.807, 2.05) is 18.3 Å². The summed E-state index contributed by atoms with van der Waals surface area (Å²) in [5, 5.41) is 6.61. The Morgan fingerprint density at radius 3 is 2.63 bits per heavy atom. The number of hydrogen-bond acceptors (Lipinski definition) is 2. The number of nitrogens with one attached hydrogen (secondary N) is 2. The second kappa shape index (κ2) is 8.98. The first kappa shape index (κ1) is 18.6. The summed E-state index contributed by atoms with van der Waals surface area (Å²) >= 11 is 0. The van der Waals surface area contributed by atoms with E-state index in [2.05, 4.69) is 33.4 Å². The third-order valence-corrected chi connectivity index (χ3v) is 4.27. The number of aromatic nitrogens is 1. The Labute approximate surface area is 157 Å². The molecule has 2 aromatic carbocycles. The van der Waals surface area contributed by atoms with Crippen molar-refractivity contribution in [1.29, 1.82) is 0 Å². The number of carbonyl (C=O) groups excluding carboxylic acids is 2. The van der Waals surface area contributed by atoms with Crippen LogP contribution in [0.15, 0.2) is 60.8 Å². The molecule has 0 fully saturated rings. The minimum Gasteiger partial charge on any atom is -0.356 e. The number of nitrogens with zero attached hydrogens (tertiary/aromatic N) is 1. The zero-order valence-corrected chi connectivity index (χ0v) is 15.0. The average molecular weight is 367 g/mol. The van der Waals surface area contributed by atoms with E-state index in [0.29, 0.717) is 12.2 Å². The zero-order valence-electron chi connectivity index (χ0n) is 15.0. The summed E-state index contributed by atoms with van der Waals surface area (Å²) in [7, 11) is 0. The molecule has 1 aromatic heterocycles. The van der Waals surface area contributed by atoms with E-state index in [0.717, 1.165) is 13.0 Å². The summed E-state index contributed by atoms with van der Waals surface area (Å²) in [6, 6.07) is 15.9. The van der Waals surface area contributed by atoms with Gasteiger partial charge in [0.2, 0.25) is 11.8 Å². The molecule has 0 saturated carbocycles. The van der Waals surface area contributed by atoms with Crippen molar-refractivity contribution in [2.45, 2.75) is 25.8 Å². The number of aryl methyl sites for hydroxylation is 1. The number of halogens is 1. The van der Waals surface area contributed by atoms with E-state index in [1.54, 1.807) is 6.07 Å². The smallest absolute Gasteiger partial charge is 0.224 e. The number of amides is 2. The number of carbonyl (C=O) groups is 2. The van der Waals surface area contributed by atoms with Crippen molar-refractivity contribution in [2.24, 2.45) is 0 Å². The van der Waals surface area contributed by atoms with Gasteiger partial charge >= 0.3 is 0 Å². The van der Waals surface area contributed by atoms with Crippen LogP contribution in [0.4, 0.5) is 10.1 Å². The van der Waals surface area contributed by atoms with Crippen molar-refractivity contribution < 1.29 is 14.0 Å². The molecule has 27 heavy (non-hydrogen) atoms. The molecule has 0 atom stereocenters. The fourth-order valence-corrected chi connectivity index (χ4v) is 2.92. The topological polar surface area (TPSA) is 63.1 Å². The van der Waals surface area contributed by atoms with Crippen LogP contribution in [0.3, 0.4) is 0 Å². The Bertz CT molecular complexity index is 936. The molecular formula is C21H22FN3O2. The van der Waals surface area contributed by atoms with E-state index in [-0.39, 0.29) is 24.7 Å². The van der Waals surface area contributed by atoms with Crippen LogP contribution >= 0.6 is 0 Å². The molecule has 5 nitrogen and oxygen atoms in total. The molecule has 0 spiro atoms. The predicted molar refractivity (Wildman–Crippen MR) is 104 cm³/mol. The van der Waals surface area contributed by atoms with Crippen LogP contribution in [0.1, 0.15) is 19.3 Å². The lowest BCUT2D eigenvalue weighted by atomic mass is 10.2. The summed E-state index contributed by atoms with van der Waals surface area (Å²) in [6.45, 7) is 1.37. The van der Waals surface area contributed by atoms with Crippen LogP contribution in [0.5, 0.6) is 0 Å². The second-order valence-electron chi connectivity index (χ2n) is 6.33. The van der Waals surface area contributed by atoms with Crippen molar-refractivity contribution in [2.75, 3.05) is 11.9 Å². The summed E-state index contributed by atoms with van der Waals surface area (Å²) in [6.07, 6.45) is 3.02. The van der Waals surface area contributed by atoms with Gasteiger partial charge in [0.1, 0.15) is 5.82 Å². The highest BCUT2D eigenvalue weighted by atomic mass is 19.1. The highest BCUT2D eigenvalue weighted by molar-refractivity contribution is 5.93. The minimum absolute atomic E-state index is 0.0601. The number of hydrogen-bond donors (Lipinski definition) is 2. The van der Waals surface area contributed by atoms with Gasteiger partial charge in [-0.3, -0.25) is 9.59 Å². The van der Waals surface area contributed by atoms with E-state index in [4.69, 9.17) is 0 Å². The lowest BCUT2D eigenvalue weighted by Crippen LogP contribution is -2.26. The third-order valence-electron chi connectivity index (χ3n) is 4.27. The molecule has 140 valence electrons. The van der Waals surface area contributed by atoms with Gasteiger partial charge in [-0.15, -0.1) is 0 Å². The first-order valence-electron chi connectivity index (χ1n) is 8.98. The molecule has 2 amide bonds. The standard InChI is InChI=1S/C21H22FN3O2/c22-17-6-3-7-18(15-17)24-21(27)10-9-20(26)23-12-4-13-25-14-11-16-5-1-2-8-19(16)25/h1-3,5-8,11,14-15H,4,9-10,12-13H2,(H,23,26)(H,24,27). The van der Waals surface area contributed by atoms with Gasteiger partial charge in [0.05, 0.1) is 0 Å². The first-order chi connectivity index (χ1) is 13.1. The molecule has 3 aromatic rings. The number of rotatable bonds is 8. The minimum atomic E-state index is -0.416. The highest BCUT2D eigenvalue weighted by Gasteiger charge is 2.07. The van der Waals surface area contributed by atoms with E-state index in [9.17, 15) is 14.0 Å². The van der Waals surface area contributed by atoms with E-state index >= 15 is 0 Å². The molecule has 0 saturated heterocycles. The summed E-state index contributed by atoms with van der Waals surface area (Å²) < 4.78 is 15.2. The zero-order chi connectivity index (χ0) is 19.1. The van der Waals surface area contributed by atoms with Crippen molar-refractivity contribution >= 4 is 28.4 Å². The second-order valence-corrected chi connectivity index (χ2v) is 6.33. The number of benzene rings is 2. The number of fused-ring (bicyclic) bond motifs is 1. The molecule has 6 heteroatoms. The van der Waals surface area contributed by atoms with Gasteiger partial charge in [-0.05, 0) is 42.1 Å². The van der Waals surface area contributed by atoms with Crippen LogP contribution in [0.2, 0.25) is 0 Å². The third kappa shape index (κ3) is 5.41. The monoisotopic (exact) mass is 367 g/mol. The van der Waals surface area contributed by atoms with E-state index in [1.165, 1.54) is 29.1 Å². The average Bonchev–Trinajstić information content (AvgIpc) is 3.07. The summed E-state index contributed by atoms with van der Waals surface area (Å²) in [5.41, 5.74) is 1.57. The molecule has 2 N–H and O–H groups in total. The van der Waals surface area contributed by atoms with Crippen LogP contribution in [-0.4, -0.2) is 22.9 Å². The SMILES string of the molecule is O=C(CCC(=O)Nc1cccc(F)c1)NCCCn1ccc2ccccc21. The predicted octanol–water partition coefficient (Wildman–Crippen LogP) is 3.71. The fraction of sp³-hybridized carbons (Fsp3) is 0.238. The lowest BCUT2D eigenvalue weighted by Gasteiger charge is -2.08. The van der Waals surface area contributed by atoms with Crippen molar-refractivity contribution in [1.82, 2.24) is 9.88 Å². The molecule has 0 unspecified atom stereocenters. The van der Waals surface area contributed by atoms with Crippen LogP contribution < -0.4 is 10.6 Å². The Morgan fingerprint density at radius 1 is 0.963 bits per heavy atom. The quantitative estimate of drug-likeness (QED) is 0.596. The Hall–Kier alpha value is -3.15. The molecule has 0 aliphatic carbocycles. The van der Waals surface area contributed by atoms with Gasteiger partial charge in [-0.1, -0.05) is 24.3 Å². The van der Waals surface area contributed by atoms with Gasteiger partial charge in [-0.2, -0.15) is 0 Å². The molecule has 0 radical (unpaired) electrons. The Kier molecular flexibility index (Phi) is 6.20. The van der Waals surface area contributed by atoms with Gasteiger partial charge in [0, 0.05) is 43.3 Å². The highest BCUT2D eigenvalue weighted by Crippen LogP contribution is 2.15. The Balaban J connectivity index is 1.34.